The van der Waals surface area contributed by atoms with Crippen LogP contribution in [0, 0.1) is 0 Å². The summed E-state index contributed by atoms with van der Waals surface area (Å²) >= 11 is 0. The Balaban J connectivity index is 2.64. The Labute approximate surface area is 110 Å². The van der Waals surface area contributed by atoms with Gasteiger partial charge in [-0.25, -0.2) is 4.79 Å². The Morgan fingerprint density at radius 2 is 1.79 bits per heavy atom. The maximum absolute atomic E-state index is 11.5. The summed E-state index contributed by atoms with van der Waals surface area (Å²) in [5.74, 6) is 0. The fourth-order valence-electron chi connectivity index (χ4n) is 1.64. The summed E-state index contributed by atoms with van der Waals surface area (Å²) in [6.07, 6.45) is -7.70. The van der Waals surface area contributed by atoms with Gasteiger partial charge in [0.25, 0.3) is 0 Å². The van der Waals surface area contributed by atoms with E-state index in [1.807, 2.05) is 0 Å². The van der Waals surface area contributed by atoms with E-state index in [0.717, 1.165) is 0 Å². The van der Waals surface area contributed by atoms with Gasteiger partial charge in [0, 0.05) is 0 Å². The molecule has 1 saturated heterocycles. The molecule has 0 saturated carbocycles. The van der Waals surface area contributed by atoms with Gasteiger partial charge in [-0.2, -0.15) is 0 Å². The molecule has 8 heteroatoms. The van der Waals surface area contributed by atoms with Crippen molar-refractivity contribution in [1.82, 2.24) is 5.32 Å². The average molecular weight is 279 g/mol. The predicted octanol–water partition coefficient (Wildman–Crippen LogP) is -1.69. The third-order valence-electron chi connectivity index (χ3n) is 2.55. The van der Waals surface area contributed by atoms with Gasteiger partial charge >= 0.3 is 6.09 Å². The fourth-order valence-corrected chi connectivity index (χ4v) is 1.64. The first-order valence-electron chi connectivity index (χ1n) is 5.95. The first-order chi connectivity index (χ1) is 8.65. The van der Waals surface area contributed by atoms with Crippen molar-refractivity contribution in [2.24, 2.45) is 0 Å². The number of carbonyl (C=O) groups excluding carboxylic acids is 1. The highest BCUT2D eigenvalue weighted by atomic mass is 16.6. The van der Waals surface area contributed by atoms with Crippen LogP contribution in [-0.4, -0.2) is 69.4 Å². The third-order valence-corrected chi connectivity index (χ3v) is 2.55. The van der Waals surface area contributed by atoms with E-state index < -0.39 is 48.9 Å². The lowest BCUT2D eigenvalue weighted by atomic mass is 9.98. The van der Waals surface area contributed by atoms with Crippen molar-refractivity contribution in [3.05, 3.63) is 0 Å². The molecule has 0 aromatic carbocycles. The molecule has 1 fully saturated rings. The molecule has 0 aliphatic carbocycles. The number of hydrogen-bond acceptors (Lipinski definition) is 7. The molecule has 1 aliphatic heterocycles. The molecule has 5 N–H and O–H groups in total. The lowest BCUT2D eigenvalue weighted by Gasteiger charge is -2.40. The standard InChI is InChI=1S/C11H21NO7/c1-11(2,3)19-10(17)12-9-8(16)7(15)6(14)5(4-13)18-9/h5-9,13-16H,4H2,1-3H3,(H,12,17)/t5-,6-,7+,8-,9?/m1/s1. The molecular formula is C11H21NO7. The normalized spacial score (nSPS) is 35.8. The molecule has 8 nitrogen and oxygen atoms in total. The van der Waals surface area contributed by atoms with Gasteiger partial charge in [-0.3, -0.25) is 5.32 Å². The maximum Gasteiger partial charge on any atom is 0.409 e. The molecule has 0 bridgehead atoms. The van der Waals surface area contributed by atoms with Crippen LogP contribution in [0.3, 0.4) is 0 Å². The number of alkyl carbamates (subject to hydrolysis) is 1. The van der Waals surface area contributed by atoms with Gasteiger partial charge < -0.3 is 29.9 Å². The van der Waals surface area contributed by atoms with Crippen molar-refractivity contribution >= 4 is 6.09 Å². The van der Waals surface area contributed by atoms with Gasteiger partial charge in [-0.05, 0) is 20.8 Å². The van der Waals surface area contributed by atoms with Crippen LogP contribution >= 0.6 is 0 Å². The largest absolute Gasteiger partial charge is 0.444 e. The Morgan fingerprint density at radius 3 is 2.26 bits per heavy atom. The van der Waals surface area contributed by atoms with Crippen LogP contribution in [0.25, 0.3) is 0 Å². The number of hydrogen-bond donors (Lipinski definition) is 5. The van der Waals surface area contributed by atoms with E-state index in [1.165, 1.54) is 0 Å². The van der Waals surface area contributed by atoms with E-state index in [-0.39, 0.29) is 0 Å². The van der Waals surface area contributed by atoms with E-state index in [4.69, 9.17) is 14.6 Å². The monoisotopic (exact) mass is 279 g/mol. The van der Waals surface area contributed by atoms with Crippen LogP contribution in [0.2, 0.25) is 0 Å². The summed E-state index contributed by atoms with van der Waals surface area (Å²) in [6.45, 7) is 4.44. The average Bonchev–Trinajstić information content (AvgIpc) is 2.27. The minimum Gasteiger partial charge on any atom is -0.444 e. The number of carbonyl (C=O) groups is 1. The molecule has 0 spiro atoms. The van der Waals surface area contributed by atoms with E-state index in [1.54, 1.807) is 20.8 Å². The Morgan fingerprint density at radius 1 is 1.21 bits per heavy atom. The van der Waals surface area contributed by atoms with Gasteiger partial charge in [0.05, 0.1) is 6.61 Å². The van der Waals surface area contributed by atoms with Crippen molar-refractivity contribution in [3.63, 3.8) is 0 Å². The lowest BCUT2D eigenvalue weighted by Crippen LogP contribution is -2.63. The summed E-state index contributed by atoms with van der Waals surface area (Å²) < 4.78 is 10.1. The molecule has 1 amide bonds. The third kappa shape index (κ3) is 4.29. The summed E-state index contributed by atoms with van der Waals surface area (Å²) in [6, 6.07) is 0. The summed E-state index contributed by atoms with van der Waals surface area (Å²) in [5, 5.41) is 40.0. The van der Waals surface area contributed by atoms with Crippen molar-refractivity contribution in [1.29, 1.82) is 0 Å². The molecule has 1 heterocycles. The molecule has 0 radical (unpaired) electrons. The number of aliphatic hydroxyl groups excluding tert-OH is 4. The molecule has 1 aliphatic rings. The molecule has 112 valence electrons. The topological polar surface area (TPSA) is 128 Å². The quantitative estimate of drug-likeness (QED) is 0.408. The highest BCUT2D eigenvalue weighted by Crippen LogP contribution is 2.20. The Bertz CT molecular complexity index is 315. The van der Waals surface area contributed by atoms with Gasteiger partial charge in [0.15, 0.2) is 6.23 Å². The van der Waals surface area contributed by atoms with Gasteiger partial charge in [0.2, 0.25) is 0 Å². The second kappa shape index (κ2) is 6.02. The van der Waals surface area contributed by atoms with Crippen molar-refractivity contribution in [3.8, 4) is 0 Å². The molecule has 0 aromatic heterocycles. The highest BCUT2D eigenvalue weighted by Gasteiger charge is 2.44. The SMILES string of the molecule is CC(C)(C)OC(=O)NC1O[C@H](CO)[C@@H](O)[C@H](O)[C@H]1O. The van der Waals surface area contributed by atoms with Crippen LogP contribution < -0.4 is 5.32 Å². The van der Waals surface area contributed by atoms with Gasteiger partial charge in [-0.15, -0.1) is 0 Å². The van der Waals surface area contributed by atoms with Crippen LogP contribution in [0.4, 0.5) is 4.79 Å². The number of nitrogens with one attached hydrogen (secondary N) is 1. The smallest absolute Gasteiger partial charge is 0.409 e. The minimum absolute atomic E-state index is 0.558. The molecule has 1 unspecified atom stereocenters. The second-order valence-electron chi connectivity index (χ2n) is 5.40. The van der Waals surface area contributed by atoms with Crippen LogP contribution in [0.15, 0.2) is 0 Å². The number of ether oxygens (including phenoxy) is 2. The fraction of sp³-hybridized carbons (Fsp3) is 0.909. The van der Waals surface area contributed by atoms with Gasteiger partial charge in [-0.1, -0.05) is 0 Å². The van der Waals surface area contributed by atoms with E-state index in [0.29, 0.717) is 0 Å². The predicted molar refractivity (Wildman–Crippen MR) is 63.1 cm³/mol. The number of aliphatic hydroxyl groups is 4. The first-order valence-corrected chi connectivity index (χ1v) is 5.95. The minimum atomic E-state index is -1.54. The van der Waals surface area contributed by atoms with Crippen molar-refractivity contribution in [2.45, 2.75) is 57.0 Å². The van der Waals surface area contributed by atoms with Crippen LogP contribution in [-0.2, 0) is 9.47 Å². The maximum atomic E-state index is 11.5. The van der Waals surface area contributed by atoms with E-state index >= 15 is 0 Å². The Hall–Kier alpha value is -0.930. The number of rotatable bonds is 2. The van der Waals surface area contributed by atoms with Gasteiger partial charge in [0.1, 0.15) is 30.0 Å². The summed E-state index contributed by atoms with van der Waals surface area (Å²) in [5.41, 5.74) is -0.724. The molecule has 19 heavy (non-hydrogen) atoms. The zero-order valence-corrected chi connectivity index (χ0v) is 11.1. The Kier molecular flexibility index (Phi) is 5.11. The summed E-state index contributed by atoms with van der Waals surface area (Å²) in [7, 11) is 0. The molecule has 5 atom stereocenters. The molecular weight excluding hydrogens is 258 g/mol. The van der Waals surface area contributed by atoms with Crippen molar-refractivity contribution < 1.29 is 34.7 Å². The number of amides is 1. The summed E-state index contributed by atoms with van der Waals surface area (Å²) in [4.78, 5) is 11.5. The van der Waals surface area contributed by atoms with Crippen molar-refractivity contribution in [2.75, 3.05) is 6.61 Å². The second-order valence-corrected chi connectivity index (χ2v) is 5.40. The van der Waals surface area contributed by atoms with Crippen LogP contribution in [0.1, 0.15) is 20.8 Å². The zero-order valence-electron chi connectivity index (χ0n) is 11.1. The zero-order chi connectivity index (χ0) is 14.8. The highest BCUT2D eigenvalue weighted by molar-refractivity contribution is 5.68. The molecule has 0 aromatic rings. The first kappa shape index (κ1) is 16.1. The van der Waals surface area contributed by atoms with E-state index in [9.17, 15) is 20.1 Å². The lowest BCUT2D eigenvalue weighted by molar-refractivity contribution is -0.234. The molecule has 1 rings (SSSR count). The van der Waals surface area contributed by atoms with Crippen LogP contribution in [0.5, 0.6) is 0 Å². The van der Waals surface area contributed by atoms with E-state index in [2.05, 4.69) is 5.32 Å².